The van der Waals surface area contributed by atoms with E-state index in [1.165, 1.54) is 0 Å². The first-order valence-corrected chi connectivity index (χ1v) is 6.57. The van der Waals surface area contributed by atoms with Crippen LogP contribution in [-0.2, 0) is 25.5 Å². The van der Waals surface area contributed by atoms with Gasteiger partial charge in [-0.3, -0.25) is 9.59 Å². The van der Waals surface area contributed by atoms with E-state index in [-0.39, 0.29) is 18.9 Å². The molecule has 104 valence electrons. The Morgan fingerprint density at radius 2 is 1.95 bits per heavy atom. The number of halogens is 1. The lowest BCUT2D eigenvalue weighted by Crippen LogP contribution is -2.31. The van der Waals surface area contributed by atoms with E-state index in [0.29, 0.717) is 13.2 Å². The van der Waals surface area contributed by atoms with E-state index in [0.717, 1.165) is 10.0 Å². The third-order valence-corrected chi connectivity index (χ3v) is 2.78. The fourth-order valence-electron chi connectivity index (χ4n) is 1.31. The van der Waals surface area contributed by atoms with Gasteiger partial charge in [-0.25, -0.2) is 0 Å². The number of rotatable bonds is 7. The summed E-state index contributed by atoms with van der Waals surface area (Å²) in [6.07, 6.45) is 0.151. The lowest BCUT2D eigenvalue weighted by molar-refractivity contribution is -0.147. The maximum absolute atomic E-state index is 11.5. The van der Waals surface area contributed by atoms with Crippen LogP contribution in [0.15, 0.2) is 28.7 Å². The van der Waals surface area contributed by atoms with Crippen LogP contribution in [-0.4, -0.2) is 38.7 Å². The number of nitrogens with one attached hydrogen (secondary N) is 1. The van der Waals surface area contributed by atoms with Crippen LogP contribution in [0.5, 0.6) is 0 Å². The molecular weight excluding hydrogens is 314 g/mol. The Morgan fingerprint density at radius 3 is 2.58 bits per heavy atom. The van der Waals surface area contributed by atoms with Crippen molar-refractivity contribution in [3.05, 3.63) is 34.3 Å². The predicted molar refractivity (Wildman–Crippen MR) is 73.7 cm³/mol. The minimum atomic E-state index is -0.427. The van der Waals surface area contributed by atoms with E-state index in [4.69, 9.17) is 9.47 Å². The van der Waals surface area contributed by atoms with Crippen LogP contribution >= 0.6 is 15.9 Å². The van der Waals surface area contributed by atoms with Crippen molar-refractivity contribution < 1.29 is 19.1 Å². The van der Waals surface area contributed by atoms with Crippen LogP contribution in [0, 0.1) is 0 Å². The topological polar surface area (TPSA) is 64.6 Å². The SMILES string of the molecule is COCCNC(=O)COC(=O)Cc1ccc(Br)cc1. The van der Waals surface area contributed by atoms with Crippen molar-refractivity contribution in [3.63, 3.8) is 0 Å². The van der Waals surface area contributed by atoms with E-state index in [1.807, 2.05) is 24.3 Å². The smallest absolute Gasteiger partial charge is 0.310 e. The maximum Gasteiger partial charge on any atom is 0.310 e. The molecule has 0 saturated carbocycles. The van der Waals surface area contributed by atoms with E-state index in [9.17, 15) is 9.59 Å². The van der Waals surface area contributed by atoms with Gasteiger partial charge in [-0.05, 0) is 17.7 Å². The Balaban J connectivity index is 2.24. The Bertz CT molecular complexity index is 419. The molecule has 0 aliphatic heterocycles. The quantitative estimate of drug-likeness (QED) is 0.605. The number of benzene rings is 1. The van der Waals surface area contributed by atoms with Crippen molar-refractivity contribution in [2.75, 3.05) is 26.9 Å². The van der Waals surface area contributed by atoms with E-state index in [1.54, 1.807) is 7.11 Å². The number of methoxy groups -OCH3 is 1. The van der Waals surface area contributed by atoms with Crippen molar-refractivity contribution in [1.82, 2.24) is 5.32 Å². The second-order valence-corrected chi connectivity index (χ2v) is 4.72. The highest BCUT2D eigenvalue weighted by Gasteiger charge is 2.08. The summed E-state index contributed by atoms with van der Waals surface area (Å²) in [5, 5.41) is 2.56. The molecule has 0 aromatic heterocycles. The number of esters is 1. The van der Waals surface area contributed by atoms with Gasteiger partial charge in [-0.1, -0.05) is 28.1 Å². The maximum atomic E-state index is 11.5. The van der Waals surface area contributed by atoms with Crippen LogP contribution < -0.4 is 5.32 Å². The largest absolute Gasteiger partial charge is 0.455 e. The number of ether oxygens (including phenoxy) is 2. The molecule has 0 aliphatic carbocycles. The Hall–Kier alpha value is -1.40. The molecule has 1 aromatic carbocycles. The van der Waals surface area contributed by atoms with Gasteiger partial charge in [0, 0.05) is 18.1 Å². The Kier molecular flexibility index (Phi) is 7.14. The fraction of sp³-hybridized carbons (Fsp3) is 0.385. The molecule has 6 heteroatoms. The number of hydrogen-bond donors (Lipinski definition) is 1. The highest BCUT2D eigenvalue weighted by atomic mass is 79.9. The predicted octanol–water partition coefficient (Wildman–Crippen LogP) is 1.30. The van der Waals surface area contributed by atoms with Crippen LogP contribution in [0.1, 0.15) is 5.56 Å². The van der Waals surface area contributed by atoms with Gasteiger partial charge in [0.2, 0.25) is 0 Å². The molecule has 0 radical (unpaired) electrons. The molecule has 5 nitrogen and oxygen atoms in total. The summed E-state index contributed by atoms with van der Waals surface area (Å²) in [5.41, 5.74) is 0.841. The normalized spacial score (nSPS) is 10.0. The lowest BCUT2D eigenvalue weighted by Gasteiger charge is -2.06. The summed E-state index contributed by atoms with van der Waals surface area (Å²) in [7, 11) is 1.55. The second-order valence-electron chi connectivity index (χ2n) is 3.81. The Morgan fingerprint density at radius 1 is 1.26 bits per heavy atom. The molecule has 1 N–H and O–H groups in total. The van der Waals surface area contributed by atoms with Crippen LogP contribution in [0.4, 0.5) is 0 Å². The molecule has 1 amide bonds. The standard InChI is InChI=1S/C13H16BrNO4/c1-18-7-6-15-12(16)9-19-13(17)8-10-2-4-11(14)5-3-10/h2-5H,6-9H2,1H3,(H,15,16). The van der Waals surface area contributed by atoms with Gasteiger partial charge in [-0.15, -0.1) is 0 Å². The van der Waals surface area contributed by atoms with Crippen molar-refractivity contribution >= 4 is 27.8 Å². The van der Waals surface area contributed by atoms with Crippen molar-refractivity contribution in [1.29, 1.82) is 0 Å². The van der Waals surface area contributed by atoms with Gasteiger partial charge < -0.3 is 14.8 Å². The first-order valence-electron chi connectivity index (χ1n) is 5.77. The van der Waals surface area contributed by atoms with Gasteiger partial charge in [0.1, 0.15) is 0 Å². The molecular formula is C13H16BrNO4. The molecule has 0 saturated heterocycles. The van der Waals surface area contributed by atoms with E-state index in [2.05, 4.69) is 21.2 Å². The summed E-state index contributed by atoms with van der Waals surface area (Å²) in [4.78, 5) is 22.8. The molecule has 0 bridgehead atoms. The average Bonchev–Trinajstić information content (AvgIpc) is 2.39. The molecule has 0 atom stereocenters. The lowest BCUT2D eigenvalue weighted by atomic mass is 10.2. The number of carbonyl (C=O) groups excluding carboxylic acids is 2. The van der Waals surface area contributed by atoms with Crippen LogP contribution in [0.2, 0.25) is 0 Å². The van der Waals surface area contributed by atoms with Gasteiger partial charge in [0.05, 0.1) is 13.0 Å². The second kappa shape index (κ2) is 8.66. The molecule has 0 spiro atoms. The van der Waals surface area contributed by atoms with E-state index >= 15 is 0 Å². The first-order chi connectivity index (χ1) is 9.11. The molecule has 1 aromatic rings. The fourth-order valence-corrected chi connectivity index (χ4v) is 1.57. The molecule has 0 unspecified atom stereocenters. The van der Waals surface area contributed by atoms with Crippen molar-refractivity contribution in [2.45, 2.75) is 6.42 Å². The van der Waals surface area contributed by atoms with Gasteiger partial charge in [0.25, 0.3) is 5.91 Å². The van der Waals surface area contributed by atoms with Gasteiger partial charge in [-0.2, -0.15) is 0 Å². The van der Waals surface area contributed by atoms with Crippen molar-refractivity contribution in [3.8, 4) is 0 Å². The molecule has 1 rings (SSSR count). The molecule has 0 heterocycles. The third kappa shape index (κ3) is 6.93. The average molecular weight is 330 g/mol. The molecule has 0 aliphatic rings. The number of carbonyl (C=O) groups is 2. The zero-order valence-electron chi connectivity index (χ0n) is 10.6. The minimum Gasteiger partial charge on any atom is -0.455 e. The third-order valence-electron chi connectivity index (χ3n) is 2.25. The summed E-state index contributed by atoms with van der Waals surface area (Å²) in [6.45, 7) is 0.567. The monoisotopic (exact) mass is 329 g/mol. The highest BCUT2D eigenvalue weighted by molar-refractivity contribution is 9.10. The summed E-state index contributed by atoms with van der Waals surface area (Å²) in [5.74, 6) is -0.759. The summed E-state index contributed by atoms with van der Waals surface area (Å²) in [6, 6.07) is 7.34. The van der Waals surface area contributed by atoms with E-state index < -0.39 is 5.97 Å². The summed E-state index contributed by atoms with van der Waals surface area (Å²) < 4.78 is 10.6. The Labute approximate surface area is 120 Å². The molecule has 19 heavy (non-hydrogen) atoms. The van der Waals surface area contributed by atoms with Crippen LogP contribution in [0.3, 0.4) is 0 Å². The van der Waals surface area contributed by atoms with Gasteiger partial charge >= 0.3 is 5.97 Å². The number of hydrogen-bond acceptors (Lipinski definition) is 4. The minimum absolute atomic E-state index is 0.151. The van der Waals surface area contributed by atoms with Crippen LogP contribution in [0.25, 0.3) is 0 Å². The molecule has 0 fully saturated rings. The number of amides is 1. The van der Waals surface area contributed by atoms with Crippen molar-refractivity contribution in [2.24, 2.45) is 0 Å². The highest BCUT2D eigenvalue weighted by Crippen LogP contribution is 2.11. The first kappa shape index (κ1) is 15.7. The zero-order valence-corrected chi connectivity index (χ0v) is 12.2. The summed E-state index contributed by atoms with van der Waals surface area (Å²) >= 11 is 3.31. The van der Waals surface area contributed by atoms with Gasteiger partial charge in [0.15, 0.2) is 6.61 Å². The zero-order chi connectivity index (χ0) is 14.1.